The number of rotatable bonds is 8. The Hall–Kier alpha value is -1.71. The molecule has 1 N–H and O–H groups in total. The SMILES string of the molecule is CCNCc1cccc(OCC)c1OCc1ccc(C)cc1.Cl. The topological polar surface area (TPSA) is 30.5 Å². The highest BCUT2D eigenvalue weighted by molar-refractivity contribution is 5.85. The second-order valence-corrected chi connectivity index (χ2v) is 5.23. The molecule has 3 nitrogen and oxygen atoms in total. The van der Waals surface area contributed by atoms with Crippen LogP contribution in [0.25, 0.3) is 0 Å². The standard InChI is InChI=1S/C19H25NO2.ClH/c1-4-20-13-17-7-6-8-18(21-5-2)19(17)22-14-16-11-9-15(3)10-12-16;/h6-12,20H,4-5,13-14H2,1-3H3;1H. The van der Waals surface area contributed by atoms with E-state index in [0.717, 1.165) is 35.7 Å². The van der Waals surface area contributed by atoms with Crippen molar-refractivity contribution in [2.75, 3.05) is 13.2 Å². The van der Waals surface area contributed by atoms with Gasteiger partial charge >= 0.3 is 0 Å². The molecule has 0 fully saturated rings. The van der Waals surface area contributed by atoms with Crippen LogP contribution in [-0.2, 0) is 13.2 Å². The predicted molar refractivity (Wildman–Crippen MR) is 97.8 cm³/mol. The molecule has 0 aliphatic rings. The van der Waals surface area contributed by atoms with Crippen molar-refractivity contribution in [1.29, 1.82) is 0 Å². The second-order valence-electron chi connectivity index (χ2n) is 5.23. The first-order valence-corrected chi connectivity index (χ1v) is 7.88. The molecule has 0 aliphatic heterocycles. The van der Waals surface area contributed by atoms with E-state index in [1.54, 1.807) is 0 Å². The van der Waals surface area contributed by atoms with Crippen molar-refractivity contribution in [3.05, 3.63) is 59.2 Å². The van der Waals surface area contributed by atoms with Crippen LogP contribution in [0.3, 0.4) is 0 Å². The minimum atomic E-state index is 0. The number of hydrogen-bond acceptors (Lipinski definition) is 3. The van der Waals surface area contributed by atoms with Crippen LogP contribution in [0.5, 0.6) is 11.5 Å². The quantitative estimate of drug-likeness (QED) is 0.770. The minimum Gasteiger partial charge on any atom is -0.490 e. The van der Waals surface area contributed by atoms with Crippen LogP contribution in [0.1, 0.15) is 30.5 Å². The molecular weight excluding hydrogens is 310 g/mol. The van der Waals surface area contributed by atoms with Crippen molar-refractivity contribution in [1.82, 2.24) is 5.32 Å². The fourth-order valence-electron chi connectivity index (χ4n) is 2.23. The Bertz CT molecular complexity index is 584. The monoisotopic (exact) mass is 335 g/mol. The second kappa shape index (κ2) is 10.1. The van der Waals surface area contributed by atoms with Crippen LogP contribution in [0.4, 0.5) is 0 Å². The van der Waals surface area contributed by atoms with Gasteiger partial charge in [-0.25, -0.2) is 0 Å². The van der Waals surface area contributed by atoms with Gasteiger partial charge in [0.15, 0.2) is 11.5 Å². The van der Waals surface area contributed by atoms with Gasteiger partial charge in [-0.05, 0) is 32.0 Å². The summed E-state index contributed by atoms with van der Waals surface area (Å²) in [7, 11) is 0. The number of benzene rings is 2. The Morgan fingerprint density at radius 2 is 1.70 bits per heavy atom. The first-order chi connectivity index (χ1) is 10.7. The molecule has 2 aromatic rings. The van der Waals surface area contributed by atoms with Crippen molar-refractivity contribution in [2.45, 2.75) is 33.9 Å². The van der Waals surface area contributed by atoms with Gasteiger partial charge < -0.3 is 14.8 Å². The molecule has 2 aromatic carbocycles. The Morgan fingerprint density at radius 3 is 2.35 bits per heavy atom. The molecule has 2 rings (SSSR count). The van der Waals surface area contributed by atoms with Gasteiger partial charge in [0.05, 0.1) is 6.61 Å². The molecule has 0 heterocycles. The summed E-state index contributed by atoms with van der Waals surface area (Å²) in [5.74, 6) is 1.65. The third-order valence-corrected chi connectivity index (χ3v) is 3.43. The zero-order chi connectivity index (χ0) is 15.8. The Balaban J connectivity index is 0.00000264. The van der Waals surface area contributed by atoms with Crippen molar-refractivity contribution in [2.24, 2.45) is 0 Å². The number of nitrogens with one attached hydrogen (secondary N) is 1. The van der Waals surface area contributed by atoms with Crippen LogP contribution >= 0.6 is 12.4 Å². The van der Waals surface area contributed by atoms with E-state index in [4.69, 9.17) is 9.47 Å². The van der Waals surface area contributed by atoms with Crippen molar-refractivity contribution < 1.29 is 9.47 Å². The van der Waals surface area contributed by atoms with E-state index in [1.807, 2.05) is 19.1 Å². The summed E-state index contributed by atoms with van der Waals surface area (Å²) in [6.45, 7) is 9.05. The van der Waals surface area contributed by atoms with Gasteiger partial charge in [0, 0.05) is 12.1 Å². The molecule has 126 valence electrons. The van der Waals surface area contributed by atoms with Gasteiger partial charge in [-0.1, -0.05) is 48.9 Å². The van der Waals surface area contributed by atoms with E-state index in [-0.39, 0.29) is 12.4 Å². The van der Waals surface area contributed by atoms with Crippen molar-refractivity contribution in [3.8, 4) is 11.5 Å². The van der Waals surface area contributed by atoms with Gasteiger partial charge in [0.1, 0.15) is 6.61 Å². The summed E-state index contributed by atoms with van der Waals surface area (Å²) >= 11 is 0. The molecule has 0 saturated heterocycles. The average molecular weight is 336 g/mol. The number of hydrogen-bond donors (Lipinski definition) is 1. The van der Waals surface area contributed by atoms with Gasteiger partial charge in [-0.3, -0.25) is 0 Å². The van der Waals surface area contributed by atoms with E-state index in [0.29, 0.717) is 13.2 Å². The zero-order valence-corrected chi connectivity index (χ0v) is 14.9. The van der Waals surface area contributed by atoms with Gasteiger partial charge in [0.2, 0.25) is 0 Å². The molecule has 23 heavy (non-hydrogen) atoms. The van der Waals surface area contributed by atoms with Crippen LogP contribution < -0.4 is 14.8 Å². The molecule has 0 aromatic heterocycles. The highest BCUT2D eigenvalue weighted by atomic mass is 35.5. The van der Waals surface area contributed by atoms with Crippen LogP contribution in [-0.4, -0.2) is 13.2 Å². The molecule has 0 aliphatic carbocycles. The number of para-hydroxylation sites is 1. The Kier molecular flexibility index (Phi) is 8.52. The van der Waals surface area contributed by atoms with Crippen LogP contribution in [0.2, 0.25) is 0 Å². The van der Waals surface area contributed by atoms with E-state index in [1.165, 1.54) is 5.56 Å². The smallest absolute Gasteiger partial charge is 0.166 e. The Morgan fingerprint density at radius 1 is 0.957 bits per heavy atom. The lowest BCUT2D eigenvalue weighted by molar-refractivity contribution is 0.266. The largest absolute Gasteiger partial charge is 0.490 e. The maximum Gasteiger partial charge on any atom is 0.166 e. The van der Waals surface area contributed by atoms with Gasteiger partial charge in [-0.15, -0.1) is 12.4 Å². The van der Waals surface area contributed by atoms with E-state index in [2.05, 4.69) is 49.5 Å². The normalized spacial score (nSPS) is 10.0. The summed E-state index contributed by atoms with van der Waals surface area (Å²) in [6, 6.07) is 14.5. The van der Waals surface area contributed by atoms with E-state index in [9.17, 15) is 0 Å². The summed E-state index contributed by atoms with van der Waals surface area (Å²) in [4.78, 5) is 0. The lowest BCUT2D eigenvalue weighted by Crippen LogP contribution is -2.13. The third kappa shape index (κ3) is 5.77. The molecule has 0 atom stereocenters. The lowest BCUT2D eigenvalue weighted by atomic mass is 10.1. The van der Waals surface area contributed by atoms with E-state index < -0.39 is 0 Å². The third-order valence-electron chi connectivity index (χ3n) is 3.43. The summed E-state index contributed by atoms with van der Waals surface area (Å²) in [6.07, 6.45) is 0. The number of halogens is 1. The molecule has 0 unspecified atom stereocenters. The number of ether oxygens (including phenoxy) is 2. The first kappa shape index (κ1) is 19.3. The minimum absolute atomic E-state index is 0. The van der Waals surface area contributed by atoms with E-state index >= 15 is 0 Å². The fraction of sp³-hybridized carbons (Fsp3) is 0.368. The summed E-state index contributed by atoms with van der Waals surface area (Å²) in [5.41, 5.74) is 3.54. The highest BCUT2D eigenvalue weighted by Crippen LogP contribution is 2.32. The molecule has 0 amide bonds. The van der Waals surface area contributed by atoms with Gasteiger partial charge in [-0.2, -0.15) is 0 Å². The number of aryl methyl sites for hydroxylation is 1. The van der Waals surface area contributed by atoms with Crippen molar-refractivity contribution in [3.63, 3.8) is 0 Å². The summed E-state index contributed by atoms with van der Waals surface area (Å²) in [5, 5.41) is 3.34. The molecule has 0 radical (unpaired) electrons. The average Bonchev–Trinajstić information content (AvgIpc) is 2.54. The fourth-order valence-corrected chi connectivity index (χ4v) is 2.23. The Labute approximate surface area is 145 Å². The zero-order valence-electron chi connectivity index (χ0n) is 14.1. The molecule has 0 bridgehead atoms. The maximum absolute atomic E-state index is 6.08. The van der Waals surface area contributed by atoms with Gasteiger partial charge in [0.25, 0.3) is 0 Å². The molecule has 4 heteroatoms. The molecule has 0 spiro atoms. The highest BCUT2D eigenvalue weighted by Gasteiger charge is 2.11. The lowest BCUT2D eigenvalue weighted by Gasteiger charge is -2.16. The first-order valence-electron chi connectivity index (χ1n) is 7.88. The maximum atomic E-state index is 6.08. The molecule has 0 saturated carbocycles. The summed E-state index contributed by atoms with van der Waals surface area (Å²) < 4.78 is 11.8. The van der Waals surface area contributed by atoms with Crippen LogP contribution in [0, 0.1) is 6.92 Å². The predicted octanol–water partition coefficient (Wildman–Crippen LogP) is 4.50. The molecular formula is C19H26ClNO2. The van der Waals surface area contributed by atoms with Crippen molar-refractivity contribution >= 4 is 12.4 Å². The van der Waals surface area contributed by atoms with Crippen LogP contribution in [0.15, 0.2) is 42.5 Å².